The highest BCUT2D eigenvalue weighted by molar-refractivity contribution is 6.32. The first-order valence-corrected chi connectivity index (χ1v) is 11.3. The Hall–Kier alpha value is -2.79. The zero-order valence-corrected chi connectivity index (χ0v) is 20.1. The van der Waals surface area contributed by atoms with E-state index in [4.69, 9.17) is 42.8 Å². The van der Waals surface area contributed by atoms with Crippen molar-refractivity contribution < 1.29 is 29.9 Å². The number of nitrogen functional groups attached to an aromatic ring is 2. The van der Waals surface area contributed by atoms with E-state index in [2.05, 4.69) is 9.97 Å². The zero-order chi connectivity index (χ0) is 26.9. The summed E-state index contributed by atoms with van der Waals surface area (Å²) in [6.07, 6.45) is -2.24. The molecular formula is C20H29ClN6O9. The molecule has 8 atom stereocenters. The number of halogens is 1. The van der Waals surface area contributed by atoms with Gasteiger partial charge in [-0.1, -0.05) is 25.4 Å². The summed E-state index contributed by atoms with van der Waals surface area (Å²) < 4.78 is 13.1. The molecule has 0 radical (unpaired) electrons. The predicted molar refractivity (Wildman–Crippen MR) is 126 cm³/mol. The molecule has 0 aromatic carbocycles. The number of rotatable bonds is 4. The Labute approximate surface area is 208 Å². The molecule has 0 spiro atoms. The Bertz CT molecular complexity index is 1250. The highest BCUT2D eigenvalue weighted by Crippen LogP contribution is 2.34. The number of aliphatic hydroxyl groups excluding tert-OH is 4. The lowest BCUT2D eigenvalue weighted by Crippen LogP contribution is -2.35. The van der Waals surface area contributed by atoms with Crippen molar-refractivity contribution in [3.63, 3.8) is 0 Å². The Kier molecular flexibility index (Phi) is 8.55. The van der Waals surface area contributed by atoms with Crippen molar-refractivity contribution in [3.05, 3.63) is 48.7 Å². The molecule has 0 bridgehead atoms. The normalized spacial score (nSPS) is 31.8. The molecule has 0 saturated carbocycles. The van der Waals surface area contributed by atoms with Crippen LogP contribution in [-0.2, 0) is 9.47 Å². The maximum atomic E-state index is 11.7. The minimum Gasteiger partial charge on any atom is -0.394 e. The molecule has 2 aromatic heterocycles. The van der Waals surface area contributed by atoms with Crippen LogP contribution in [0.1, 0.15) is 26.3 Å². The van der Waals surface area contributed by atoms with Crippen molar-refractivity contribution in [3.8, 4) is 0 Å². The molecule has 2 fully saturated rings. The highest BCUT2D eigenvalue weighted by atomic mass is 35.5. The van der Waals surface area contributed by atoms with Crippen LogP contribution < -0.4 is 28.4 Å². The summed E-state index contributed by atoms with van der Waals surface area (Å²) in [5.41, 5.74) is 8.79. The third kappa shape index (κ3) is 5.31. The van der Waals surface area contributed by atoms with Gasteiger partial charge in [0.2, 0.25) is 0 Å². The van der Waals surface area contributed by atoms with Crippen LogP contribution in [0.4, 0.5) is 11.5 Å². The maximum absolute atomic E-state index is 11.7. The van der Waals surface area contributed by atoms with Gasteiger partial charge in [0.05, 0.1) is 30.4 Å². The van der Waals surface area contributed by atoms with Crippen molar-refractivity contribution in [2.45, 2.75) is 50.7 Å². The van der Waals surface area contributed by atoms with Gasteiger partial charge in [-0.05, 0) is 0 Å². The molecule has 36 heavy (non-hydrogen) atoms. The molecule has 2 saturated heterocycles. The fourth-order valence-electron chi connectivity index (χ4n) is 4.05. The number of aromatic amines is 1. The van der Waals surface area contributed by atoms with Crippen LogP contribution >= 0.6 is 11.6 Å². The number of anilines is 2. The van der Waals surface area contributed by atoms with Crippen molar-refractivity contribution in [1.29, 1.82) is 0 Å². The first kappa shape index (κ1) is 27.8. The first-order valence-electron chi connectivity index (χ1n) is 10.9. The largest absolute Gasteiger partial charge is 0.394 e. The summed E-state index contributed by atoms with van der Waals surface area (Å²) in [5.74, 6) is -0.839. The van der Waals surface area contributed by atoms with Gasteiger partial charge >= 0.3 is 11.4 Å². The molecule has 4 heterocycles. The third-order valence-corrected chi connectivity index (χ3v) is 6.50. The molecule has 2 aliphatic rings. The minimum atomic E-state index is -0.889. The van der Waals surface area contributed by atoms with E-state index >= 15 is 0 Å². The molecule has 2 aromatic rings. The van der Waals surface area contributed by atoms with Gasteiger partial charge < -0.3 is 41.4 Å². The summed E-state index contributed by atoms with van der Waals surface area (Å²) in [5, 5.41) is 37.8. The molecule has 0 unspecified atom stereocenters. The Balaban J connectivity index is 0.000000201. The molecule has 200 valence electrons. The topological polar surface area (TPSA) is 241 Å². The molecule has 16 heteroatoms. The Morgan fingerprint density at radius 1 is 0.972 bits per heavy atom. The fraction of sp³-hybridized carbons (Fsp3) is 0.600. The summed E-state index contributed by atoms with van der Waals surface area (Å²) in [4.78, 5) is 40.1. The van der Waals surface area contributed by atoms with E-state index < -0.39 is 59.7 Å². The van der Waals surface area contributed by atoms with E-state index in [9.17, 15) is 24.6 Å². The van der Waals surface area contributed by atoms with Crippen LogP contribution in [0, 0.1) is 11.8 Å². The molecule has 15 nitrogen and oxygen atoms in total. The molecule has 4 rings (SSSR count). The lowest BCUT2D eigenvalue weighted by molar-refractivity contribution is -0.0476. The molecule has 9 N–H and O–H groups in total. The van der Waals surface area contributed by atoms with Crippen molar-refractivity contribution >= 4 is 23.1 Å². The van der Waals surface area contributed by atoms with Crippen LogP contribution in [0.3, 0.4) is 0 Å². The van der Waals surface area contributed by atoms with E-state index in [1.54, 1.807) is 13.8 Å². The van der Waals surface area contributed by atoms with E-state index in [1.807, 2.05) is 0 Å². The van der Waals surface area contributed by atoms with Crippen molar-refractivity contribution in [2.75, 3.05) is 24.7 Å². The van der Waals surface area contributed by atoms with Gasteiger partial charge in [0.25, 0.3) is 5.56 Å². The monoisotopic (exact) mass is 532 g/mol. The number of hydrogen-bond donors (Lipinski definition) is 7. The number of nitrogens with two attached hydrogens (primary N) is 2. The fourth-order valence-corrected chi connectivity index (χ4v) is 4.20. The number of ether oxygens (including phenoxy) is 2. The van der Waals surface area contributed by atoms with E-state index in [0.29, 0.717) is 0 Å². The summed E-state index contributed by atoms with van der Waals surface area (Å²) >= 11 is 5.80. The van der Waals surface area contributed by atoms with E-state index in [-0.39, 0.29) is 35.7 Å². The summed E-state index contributed by atoms with van der Waals surface area (Å²) in [6.45, 7) is 2.71. The van der Waals surface area contributed by atoms with Gasteiger partial charge in [0.1, 0.15) is 36.2 Å². The third-order valence-electron chi connectivity index (χ3n) is 6.20. The average molecular weight is 533 g/mol. The average Bonchev–Trinajstić information content (AvgIpc) is 3.29. The lowest BCUT2D eigenvalue weighted by Gasteiger charge is -2.18. The second kappa shape index (κ2) is 11.1. The second-order valence-corrected chi connectivity index (χ2v) is 9.02. The van der Waals surface area contributed by atoms with E-state index in [0.717, 1.165) is 4.57 Å². The van der Waals surface area contributed by atoms with Crippen LogP contribution in [0.25, 0.3) is 0 Å². The zero-order valence-electron chi connectivity index (χ0n) is 19.4. The highest BCUT2D eigenvalue weighted by Gasteiger charge is 2.43. The number of H-pyrrole nitrogens is 1. The molecule has 2 aliphatic heterocycles. The molecular weight excluding hydrogens is 504 g/mol. The number of hydrogen-bond acceptors (Lipinski definition) is 12. The van der Waals surface area contributed by atoms with Crippen LogP contribution in [0.2, 0.25) is 5.02 Å². The van der Waals surface area contributed by atoms with Crippen molar-refractivity contribution in [2.24, 2.45) is 11.8 Å². The van der Waals surface area contributed by atoms with Crippen molar-refractivity contribution in [1.82, 2.24) is 19.1 Å². The SMILES string of the molecule is C[C@@H]1[C@H](O)[C@@H](CO)O[C@H]1n1cc(Cl)c(N)nc1=O.C[C@@H]1[C@H](O)[C@@H](CO)O[C@H]1n1cc(N)c(=O)[nH]c1=O. The smallest absolute Gasteiger partial charge is 0.351 e. The van der Waals surface area contributed by atoms with Gasteiger partial charge in [-0.2, -0.15) is 4.98 Å². The standard InChI is InChI=1S/C10H14ClN3O4.C10H15N3O5/c1-4-7(16)6(3-15)18-9(4)14-2-5(11)8(12)13-10(14)17;1-4-7(15)6(3-14)18-9(4)13-2-5(11)8(16)12-10(13)17/h2,4,6-7,9,15-16H,3H2,1H3,(H2,12,13,17);2,4,6-7,9,14-15H,3,11H2,1H3,(H,12,16,17)/t2*4-,6-,7+,9-/m11/s1. The Morgan fingerprint density at radius 3 is 1.94 bits per heavy atom. The number of aliphatic hydroxyl groups is 4. The van der Waals surface area contributed by atoms with Gasteiger partial charge in [0.15, 0.2) is 0 Å². The number of aromatic nitrogens is 4. The van der Waals surface area contributed by atoms with Crippen LogP contribution in [-0.4, -0.2) is 77.2 Å². The van der Waals surface area contributed by atoms with Crippen LogP contribution in [0.15, 0.2) is 26.8 Å². The van der Waals surface area contributed by atoms with Gasteiger partial charge in [-0.15, -0.1) is 0 Å². The van der Waals surface area contributed by atoms with Gasteiger partial charge in [0, 0.05) is 24.2 Å². The predicted octanol–water partition coefficient (Wildman–Crippen LogP) is -2.63. The quantitative estimate of drug-likeness (QED) is 0.214. The van der Waals surface area contributed by atoms with Gasteiger partial charge in [-0.25, -0.2) is 9.59 Å². The summed E-state index contributed by atoms with van der Waals surface area (Å²) in [7, 11) is 0. The number of nitrogens with zero attached hydrogens (tertiary/aromatic N) is 3. The first-order chi connectivity index (χ1) is 16.9. The minimum absolute atomic E-state index is 0.0529. The molecule has 0 amide bonds. The lowest BCUT2D eigenvalue weighted by atomic mass is 10.0. The maximum Gasteiger partial charge on any atom is 0.351 e. The number of nitrogens with one attached hydrogen (secondary N) is 1. The summed E-state index contributed by atoms with van der Waals surface area (Å²) in [6, 6.07) is 0. The van der Waals surface area contributed by atoms with Gasteiger partial charge in [-0.3, -0.25) is 18.9 Å². The Morgan fingerprint density at radius 2 is 1.47 bits per heavy atom. The van der Waals surface area contributed by atoms with Crippen LogP contribution in [0.5, 0.6) is 0 Å². The molecule has 0 aliphatic carbocycles. The second-order valence-electron chi connectivity index (χ2n) is 8.61. The van der Waals surface area contributed by atoms with E-state index in [1.165, 1.54) is 17.0 Å².